The molecule has 1 aromatic carbocycles. The van der Waals surface area contributed by atoms with Crippen molar-refractivity contribution in [2.75, 3.05) is 12.8 Å². The molecule has 0 unspecified atom stereocenters. The van der Waals surface area contributed by atoms with E-state index in [2.05, 4.69) is 11.2 Å². The molecule has 0 aliphatic rings. The Bertz CT molecular complexity index is 671. The quantitative estimate of drug-likeness (QED) is 0.922. The van der Waals surface area contributed by atoms with E-state index >= 15 is 0 Å². The Hall–Kier alpha value is -2.68. The van der Waals surface area contributed by atoms with E-state index < -0.39 is 0 Å². The summed E-state index contributed by atoms with van der Waals surface area (Å²) in [7, 11) is 3.30. The Morgan fingerprint density at radius 2 is 2.05 bits per heavy atom. The number of anilines is 1. The van der Waals surface area contributed by atoms with E-state index in [9.17, 15) is 0 Å². The topological polar surface area (TPSA) is 86.1 Å². The molecule has 0 atom stereocenters. The third-order valence-corrected chi connectivity index (χ3v) is 2.90. The van der Waals surface area contributed by atoms with Crippen molar-refractivity contribution in [3.05, 3.63) is 29.5 Å². The highest BCUT2D eigenvalue weighted by Crippen LogP contribution is 2.32. The van der Waals surface area contributed by atoms with Crippen LogP contribution in [0.2, 0.25) is 0 Å². The normalized spacial score (nSPS) is 10.1. The summed E-state index contributed by atoms with van der Waals surface area (Å²) in [5.74, 6) is 1.49. The van der Waals surface area contributed by atoms with Crippen LogP contribution in [0.5, 0.6) is 17.4 Å². The van der Waals surface area contributed by atoms with Crippen molar-refractivity contribution < 1.29 is 9.47 Å². The number of rotatable bonds is 4. The molecule has 0 amide bonds. The molecule has 20 heavy (non-hydrogen) atoms. The van der Waals surface area contributed by atoms with Crippen molar-refractivity contribution in [2.24, 2.45) is 7.05 Å². The maximum atomic E-state index is 9.00. The van der Waals surface area contributed by atoms with E-state index in [1.54, 1.807) is 29.9 Å². The number of nitrogens with zero attached hydrogens (tertiary/aromatic N) is 3. The molecular weight excluding hydrogens is 256 g/mol. The number of aryl methyl sites for hydroxylation is 2. The lowest BCUT2D eigenvalue weighted by molar-refractivity contribution is 0.402. The van der Waals surface area contributed by atoms with Gasteiger partial charge in [0.1, 0.15) is 17.2 Å². The van der Waals surface area contributed by atoms with Crippen LogP contribution >= 0.6 is 0 Å². The first kappa shape index (κ1) is 13.7. The first-order valence-corrected chi connectivity index (χ1v) is 6.17. The summed E-state index contributed by atoms with van der Waals surface area (Å²) >= 11 is 0. The molecule has 104 valence electrons. The van der Waals surface area contributed by atoms with Crippen LogP contribution < -0.4 is 15.2 Å². The zero-order valence-corrected chi connectivity index (χ0v) is 11.7. The zero-order chi connectivity index (χ0) is 14.7. The number of nitriles is 1. The number of benzene rings is 1. The third kappa shape index (κ3) is 2.52. The highest BCUT2D eigenvalue weighted by Gasteiger charge is 2.14. The summed E-state index contributed by atoms with van der Waals surface area (Å²) < 4.78 is 12.5. The SMILES string of the molecule is CCc1nn(C)c(Oc2cc(C#N)cc(OC)c2)c1N. The molecule has 1 heterocycles. The van der Waals surface area contributed by atoms with Gasteiger partial charge in [-0.2, -0.15) is 10.4 Å². The predicted molar refractivity (Wildman–Crippen MR) is 74.8 cm³/mol. The molecule has 2 N–H and O–H groups in total. The molecule has 2 aromatic rings. The van der Waals surface area contributed by atoms with Gasteiger partial charge < -0.3 is 15.2 Å². The van der Waals surface area contributed by atoms with Gasteiger partial charge in [-0.3, -0.25) is 0 Å². The Balaban J connectivity index is 2.40. The van der Waals surface area contributed by atoms with Gasteiger partial charge in [0.05, 0.1) is 24.4 Å². The number of hydrogen-bond donors (Lipinski definition) is 1. The van der Waals surface area contributed by atoms with E-state index in [4.69, 9.17) is 20.5 Å². The molecule has 6 nitrogen and oxygen atoms in total. The first-order valence-electron chi connectivity index (χ1n) is 6.17. The molecule has 6 heteroatoms. The van der Waals surface area contributed by atoms with Gasteiger partial charge in [-0.15, -0.1) is 0 Å². The summed E-state index contributed by atoms with van der Waals surface area (Å²) in [5, 5.41) is 13.3. The molecule has 0 aliphatic carbocycles. The summed E-state index contributed by atoms with van der Waals surface area (Å²) in [6.07, 6.45) is 0.727. The van der Waals surface area contributed by atoms with Gasteiger partial charge in [0, 0.05) is 13.1 Å². The molecule has 0 spiro atoms. The number of hydrogen-bond acceptors (Lipinski definition) is 5. The summed E-state index contributed by atoms with van der Waals surface area (Å²) in [6.45, 7) is 1.97. The van der Waals surface area contributed by atoms with Gasteiger partial charge in [0.2, 0.25) is 5.88 Å². The molecule has 0 fully saturated rings. The second kappa shape index (κ2) is 5.53. The van der Waals surface area contributed by atoms with Gasteiger partial charge >= 0.3 is 0 Å². The average Bonchev–Trinajstić information content (AvgIpc) is 2.74. The van der Waals surface area contributed by atoms with Crippen LogP contribution in [0.25, 0.3) is 0 Å². The monoisotopic (exact) mass is 272 g/mol. The number of nitrogens with two attached hydrogens (primary N) is 1. The van der Waals surface area contributed by atoms with Gasteiger partial charge in [-0.25, -0.2) is 4.68 Å². The van der Waals surface area contributed by atoms with E-state index in [0.29, 0.717) is 28.6 Å². The van der Waals surface area contributed by atoms with Gasteiger partial charge in [-0.1, -0.05) is 6.92 Å². The van der Waals surface area contributed by atoms with Crippen LogP contribution in [0.15, 0.2) is 18.2 Å². The van der Waals surface area contributed by atoms with Crippen LogP contribution in [0, 0.1) is 11.3 Å². The predicted octanol–water partition coefficient (Wildman–Crippen LogP) is 2.24. The van der Waals surface area contributed by atoms with E-state index in [1.807, 2.05) is 6.92 Å². The first-order chi connectivity index (χ1) is 9.58. The second-order valence-corrected chi connectivity index (χ2v) is 4.25. The van der Waals surface area contributed by atoms with Crippen molar-refractivity contribution in [3.63, 3.8) is 0 Å². The molecular formula is C14H16N4O2. The fraction of sp³-hybridized carbons (Fsp3) is 0.286. The van der Waals surface area contributed by atoms with E-state index in [-0.39, 0.29) is 0 Å². The van der Waals surface area contributed by atoms with Crippen molar-refractivity contribution >= 4 is 5.69 Å². The molecule has 0 saturated carbocycles. The zero-order valence-electron chi connectivity index (χ0n) is 11.7. The minimum atomic E-state index is 0.454. The third-order valence-electron chi connectivity index (χ3n) is 2.90. The second-order valence-electron chi connectivity index (χ2n) is 4.25. The number of aromatic nitrogens is 2. The Morgan fingerprint density at radius 1 is 1.35 bits per heavy atom. The number of ether oxygens (including phenoxy) is 2. The van der Waals surface area contributed by atoms with Gasteiger partial charge in [0.15, 0.2) is 0 Å². The molecule has 0 bridgehead atoms. The summed E-state index contributed by atoms with van der Waals surface area (Å²) in [6, 6.07) is 7.01. The lowest BCUT2D eigenvalue weighted by Gasteiger charge is -2.09. The van der Waals surface area contributed by atoms with Crippen LogP contribution in [-0.2, 0) is 13.5 Å². The van der Waals surface area contributed by atoms with Crippen LogP contribution in [0.3, 0.4) is 0 Å². The molecule has 0 radical (unpaired) electrons. The van der Waals surface area contributed by atoms with Crippen LogP contribution in [0.4, 0.5) is 5.69 Å². The standard InChI is InChI=1S/C14H16N4O2/c1-4-12-13(16)14(18(2)17-12)20-11-6-9(8-15)5-10(7-11)19-3/h5-7H,4,16H2,1-3H3. The molecule has 0 saturated heterocycles. The Morgan fingerprint density at radius 3 is 2.60 bits per heavy atom. The largest absolute Gasteiger partial charge is 0.497 e. The Labute approximate surface area is 117 Å². The van der Waals surface area contributed by atoms with Gasteiger partial charge in [0.25, 0.3) is 0 Å². The summed E-state index contributed by atoms with van der Waals surface area (Å²) in [4.78, 5) is 0. The maximum absolute atomic E-state index is 9.00. The molecule has 2 rings (SSSR count). The molecule has 1 aromatic heterocycles. The minimum Gasteiger partial charge on any atom is -0.497 e. The average molecular weight is 272 g/mol. The van der Waals surface area contributed by atoms with Crippen LogP contribution in [-0.4, -0.2) is 16.9 Å². The highest BCUT2D eigenvalue weighted by atomic mass is 16.5. The smallest absolute Gasteiger partial charge is 0.241 e. The van der Waals surface area contributed by atoms with Crippen molar-refractivity contribution in [2.45, 2.75) is 13.3 Å². The van der Waals surface area contributed by atoms with E-state index in [1.165, 1.54) is 7.11 Å². The van der Waals surface area contributed by atoms with Crippen molar-refractivity contribution in [3.8, 4) is 23.4 Å². The van der Waals surface area contributed by atoms with E-state index in [0.717, 1.165) is 12.1 Å². The Kier molecular flexibility index (Phi) is 3.80. The van der Waals surface area contributed by atoms with Crippen molar-refractivity contribution in [1.82, 2.24) is 9.78 Å². The maximum Gasteiger partial charge on any atom is 0.241 e. The lowest BCUT2D eigenvalue weighted by Crippen LogP contribution is -1.97. The molecule has 0 aliphatic heterocycles. The summed E-state index contributed by atoms with van der Waals surface area (Å²) in [5.41, 5.74) is 7.75. The minimum absolute atomic E-state index is 0.454. The van der Waals surface area contributed by atoms with Crippen LogP contribution in [0.1, 0.15) is 18.2 Å². The van der Waals surface area contributed by atoms with Gasteiger partial charge in [-0.05, 0) is 18.6 Å². The highest BCUT2D eigenvalue weighted by molar-refractivity contribution is 5.55. The van der Waals surface area contributed by atoms with Crippen molar-refractivity contribution in [1.29, 1.82) is 5.26 Å². The lowest BCUT2D eigenvalue weighted by atomic mass is 10.2. The fourth-order valence-corrected chi connectivity index (χ4v) is 1.88. The fourth-order valence-electron chi connectivity index (χ4n) is 1.88. The number of methoxy groups -OCH3 is 1. The number of nitrogen functional groups attached to an aromatic ring is 1.